The van der Waals surface area contributed by atoms with Crippen LogP contribution < -0.4 is 16.0 Å². The predicted octanol–water partition coefficient (Wildman–Crippen LogP) is 1.94. The maximum absolute atomic E-state index is 12.6. The van der Waals surface area contributed by atoms with Crippen molar-refractivity contribution in [2.24, 2.45) is 0 Å². The summed E-state index contributed by atoms with van der Waals surface area (Å²) >= 11 is 0. The Hall–Kier alpha value is -2.58. The Kier molecular flexibility index (Phi) is 7.17. The number of rotatable bonds is 7. The second kappa shape index (κ2) is 8.68. The van der Waals surface area contributed by atoms with Gasteiger partial charge in [-0.2, -0.15) is 0 Å². The van der Waals surface area contributed by atoms with Gasteiger partial charge in [0.1, 0.15) is 23.0 Å². The van der Waals surface area contributed by atoms with Crippen LogP contribution in [0.3, 0.4) is 0 Å². The normalized spacial score (nSPS) is 12.8. The highest BCUT2D eigenvalue weighted by Gasteiger charge is 2.34. The molecule has 0 fully saturated rings. The number of nitrogens with zero attached hydrogens (tertiary/aromatic N) is 1. The fourth-order valence-electron chi connectivity index (χ4n) is 2.06. The Morgan fingerprint density at radius 2 is 1.88 bits per heavy atom. The molecule has 1 heterocycles. The zero-order valence-corrected chi connectivity index (χ0v) is 16.2. The second-order valence-corrected chi connectivity index (χ2v) is 7.52. The van der Waals surface area contributed by atoms with E-state index in [1.807, 2.05) is 6.92 Å². The fourth-order valence-corrected chi connectivity index (χ4v) is 2.06. The number of hydrogen-bond donors (Lipinski definition) is 4. The van der Waals surface area contributed by atoms with Crippen LogP contribution in [0, 0.1) is 0 Å². The number of amides is 3. The molecule has 1 aromatic heterocycles. The maximum atomic E-state index is 12.6. The van der Waals surface area contributed by atoms with Crippen molar-refractivity contribution in [2.75, 3.05) is 5.32 Å². The van der Waals surface area contributed by atoms with Gasteiger partial charge in [-0.15, -0.1) is 0 Å². The molecule has 4 N–H and O–H groups in total. The second-order valence-electron chi connectivity index (χ2n) is 7.52. The van der Waals surface area contributed by atoms with Crippen molar-refractivity contribution < 1.29 is 19.1 Å². The summed E-state index contributed by atoms with van der Waals surface area (Å²) in [4.78, 5) is 43.5. The number of H-pyrrole nitrogens is 1. The molecule has 0 bridgehead atoms. The highest BCUT2D eigenvalue weighted by atomic mass is 16.6. The van der Waals surface area contributed by atoms with Gasteiger partial charge in [-0.05, 0) is 41.0 Å². The van der Waals surface area contributed by atoms with E-state index in [2.05, 4.69) is 25.9 Å². The third-order valence-electron chi connectivity index (χ3n) is 3.34. The molecule has 3 amide bonds. The first-order valence-corrected chi connectivity index (χ1v) is 8.56. The summed E-state index contributed by atoms with van der Waals surface area (Å²) in [5.74, 6) is -0.407. The smallest absolute Gasteiger partial charge is 0.408 e. The van der Waals surface area contributed by atoms with E-state index in [1.165, 1.54) is 12.5 Å². The van der Waals surface area contributed by atoms with E-state index in [0.717, 1.165) is 0 Å². The predicted molar refractivity (Wildman–Crippen MR) is 97.5 cm³/mol. The summed E-state index contributed by atoms with van der Waals surface area (Å²) in [6, 6.07) is -0.740. The topological polar surface area (TPSA) is 125 Å². The summed E-state index contributed by atoms with van der Waals surface area (Å²) in [5.41, 5.74) is -1.92. The Bertz CT molecular complexity index is 620. The molecule has 0 unspecified atom stereocenters. The van der Waals surface area contributed by atoms with Gasteiger partial charge >= 0.3 is 6.09 Å². The largest absolute Gasteiger partial charge is 0.444 e. The van der Waals surface area contributed by atoms with E-state index in [-0.39, 0.29) is 5.91 Å². The van der Waals surface area contributed by atoms with Gasteiger partial charge in [-0.25, -0.2) is 9.78 Å². The van der Waals surface area contributed by atoms with Crippen molar-refractivity contribution in [3.63, 3.8) is 0 Å². The minimum absolute atomic E-state index is 0.363. The molecule has 1 aromatic rings. The monoisotopic (exact) mass is 367 g/mol. The average molecular weight is 367 g/mol. The molecule has 0 aromatic carbocycles. The van der Waals surface area contributed by atoms with Crippen LogP contribution >= 0.6 is 0 Å². The van der Waals surface area contributed by atoms with Crippen LogP contribution in [-0.2, 0) is 14.3 Å². The summed E-state index contributed by atoms with van der Waals surface area (Å²) in [6.07, 6.45) is 3.36. The third-order valence-corrected chi connectivity index (χ3v) is 3.34. The van der Waals surface area contributed by atoms with E-state index < -0.39 is 29.2 Å². The van der Waals surface area contributed by atoms with Crippen LogP contribution in [0.15, 0.2) is 12.5 Å². The number of imidazole rings is 1. The lowest BCUT2D eigenvalue weighted by molar-refractivity contribution is -0.130. The molecule has 0 saturated carbocycles. The number of carbonyl (C=O) groups excluding carboxylic acids is 3. The Labute approximate surface area is 153 Å². The molecule has 0 spiro atoms. The third kappa shape index (κ3) is 7.12. The van der Waals surface area contributed by atoms with Crippen LogP contribution in [0.1, 0.15) is 54.4 Å². The summed E-state index contributed by atoms with van der Waals surface area (Å²) in [5, 5.41) is 7.86. The quantitative estimate of drug-likeness (QED) is 0.586. The lowest BCUT2D eigenvalue weighted by Crippen LogP contribution is -2.58. The molecule has 0 aliphatic rings. The van der Waals surface area contributed by atoms with Crippen LogP contribution in [0.4, 0.5) is 10.6 Å². The first-order valence-electron chi connectivity index (χ1n) is 8.56. The van der Waals surface area contributed by atoms with Gasteiger partial charge in [0, 0.05) is 0 Å². The standard InChI is InChI=1S/C17H29N5O4/c1-7-8-11(13(23)21-12-9-18-10-19-12)20-14(24)17(5,6)22-15(25)26-16(2,3)4/h9-11H,7-8H2,1-6H3,(H,18,19)(H,20,24)(H,21,23)(H,22,25)/t11-/m1/s1. The first-order chi connectivity index (χ1) is 11.9. The van der Waals surface area contributed by atoms with Crippen molar-refractivity contribution in [1.29, 1.82) is 0 Å². The Morgan fingerprint density at radius 1 is 1.23 bits per heavy atom. The molecule has 0 aliphatic heterocycles. The van der Waals surface area contributed by atoms with E-state index in [1.54, 1.807) is 34.6 Å². The van der Waals surface area contributed by atoms with Crippen molar-refractivity contribution in [1.82, 2.24) is 20.6 Å². The molecule has 0 radical (unpaired) electrons. The van der Waals surface area contributed by atoms with Gasteiger partial charge in [0.25, 0.3) is 0 Å². The molecule has 1 rings (SSSR count). The molecule has 1 atom stereocenters. The van der Waals surface area contributed by atoms with Crippen LogP contribution in [0.25, 0.3) is 0 Å². The van der Waals surface area contributed by atoms with Gasteiger partial charge in [0.15, 0.2) is 0 Å². The molecule has 0 saturated heterocycles. The number of carbonyl (C=O) groups is 3. The molecule has 9 heteroatoms. The van der Waals surface area contributed by atoms with Crippen LogP contribution in [-0.4, -0.2) is 45.1 Å². The van der Waals surface area contributed by atoms with E-state index >= 15 is 0 Å². The fraction of sp³-hybridized carbons (Fsp3) is 0.647. The highest BCUT2D eigenvalue weighted by Crippen LogP contribution is 2.11. The zero-order valence-electron chi connectivity index (χ0n) is 16.2. The summed E-state index contributed by atoms with van der Waals surface area (Å²) in [7, 11) is 0. The minimum atomic E-state index is -1.25. The van der Waals surface area contributed by atoms with E-state index in [0.29, 0.717) is 18.7 Å². The molecule has 26 heavy (non-hydrogen) atoms. The van der Waals surface area contributed by atoms with Gasteiger partial charge in [-0.1, -0.05) is 13.3 Å². The van der Waals surface area contributed by atoms with E-state index in [4.69, 9.17) is 4.74 Å². The SMILES string of the molecule is CCC[C@@H](NC(=O)C(C)(C)NC(=O)OC(C)(C)C)C(=O)Nc1cnc[nH]1. The average Bonchev–Trinajstić information content (AvgIpc) is 2.96. The summed E-state index contributed by atoms with van der Waals surface area (Å²) < 4.78 is 5.17. The number of aromatic nitrogens is 2. The van der Waals surface area contributed by atoms with Crippen molar-refractivity contribution >= 4 is 23.7 Å². The zero-order chi connectivity index (χ0) is 20.0. The van der Waals surface area contributed by atoms with E-state index in [9.17, 15) is 14.4 Å². The van der Waals surface area contributed by atoms with Crippen molar-refractivity contribution in [2.45, 2.75) is 71.6 Å². The van der Waals surface area contributed by atoms with Crippen molar-refractivity contribution in [3.05, 3.63) is 12.5 Å². The molecule has 9 nitrogen and oxygen atoms in total. The summed E-state index contributed by atoms with van der Waals surface area (Å²) in [6.45, 7) is 10.2. The molecular weight excluding hydrogens is 338 g/mol. The number of alkyl carbamates (subject to hydrolysis) is 1. The van der Waals surface area contributed by atoms with Crippen LogP contribution in [0.5, 0.6) is 0 Å². The lowest BCUT2D eigenvalue weighted by atomic mass is 10.0. The molecule has 146 valence electrons. The molecule has 0 aliphatic carbocycles. The van der Waals surface area contributed by atoms with Gasteiger partial charge in [-0.3, -0.25) is 9.59 Å². The highest BCUT2D eigenvalue weighted by molar-refractivity contribution is 5.98. The van der Waals surface area contributed by atoms with Crippen molar-refractivity contribution in [3.8, 4) is 0 Å². The van der Waals surface area contributed by atoms with Gasteiger partial charge in [0.05, 0.1) is 12.5 Å². The first kappa shape index (κ1) is 21.5. The van der Waals surface area contributed by atoms with Gasteiger partial charge < -0.3 is 25.7 Å². The van der Waals surface area contributed by atoms with Crippen LogP contribution in [0.2, 0.25) is 0 Å². The maximum Gasteiger partial charge on any atom is 0.408 e. The Morgan fingerprint density at radius 3 is 2.38 bits per heavy atom. The van der Waals surface area contributed by atoms with Gasteiger partial charge in [0.2, 0.25) is 11.8 Å². The number of ether oxygens (including phenoxy) is 1. The minimum Gasteiger partial charge on any atom is -0.444 e. The lowest BCUT2D eigenvalue weighted by Gasteiger charge is -2.29. The number of aromatic amines is 1. The Balaban J connectivity index is 2.72. The number of hydrogen-bond acceptors (Lipinski definition) is 5. The molecular formula is C17H29N5O4. The number of anilines is 1. The number of nitrogens with one attached hydrogen (secondary N) is 4.